The molecular weight excluding hydrogens is 193 g/mol. The molecule has 0 radical (unpaired) electrons. The minimum atomic E-state index is -0.174. The lowest BCUT2D eigenvalue weighted by atomic mass is 10.2. The SMILES string of the molecule is CNN1CCN(c2ccc(F)cc2)CC1. The van der Waals surface area contributed by atoms with Crippen LogP contribution in [0.1, 0.15) is 0 Å². The van der Waals surface area contributed by atoms with Crippen LogP contribution in [0.4, 0.5) is 10.1 Å². The zero-order valence-corrected chi connectivity index (χ0v) is 8.91. The fourth-order valence-electron chi connectivity index (χ4n) is 1.84. The summed E-state index contributed by atoms with van der Waals surface area (Å²) in [6.45, 7) is 3.95. The van der Waals surface area contributed by atoms with Crippen molar-refractivity contribution < 1.29 is 4.39 Å². The third kappa shape index (κ3) is 2.46. The van der Waals surface area contributed by atoms with Crippen LogP contribution in [0.3, 0.4) is 0 Å². The van der Waals surface area contributed by atoms with E-state index in [1.54, 1.807) is 0 Å². The predicted molar refractivity (Wildman–Crippen MR) is 59.2 cm³/mol. The van der Waals surface area contributed by atoms with Crippen molar-refractivity contribution in [2.75, 3.05) is 38.1 Å². The molecule has 1 aliphatic rings. The Balaban J connectivity index is 1.98. The van der Waals surface area contributed by atoms with Crippen molar-refractivity contribution in [3.63, 3.8) is 0 Å². The molecule has 1 aromatic rings. The van der Waals surface area contributed by atoms with Gasteiger partial charge in [0.25, 0.3) is 0 Å². The molecule has 1 heterocycles. The molecule has 1 aromatic carbocycles. The summed E-state index contributed by atoms with van der Waals surface area (Å²) in [6.07, 6.45) is 0. The molecule has 0 atom stereocenters. The van der Waals surface area contributed by atoms with Gasteiger partial charge in [0.05, 0.1) is 0 Å². The number of hydrogen-bond donors (Lipinski definition) is 1. The number of halogens is 1. The molecule has 82 valence electrons. The zero-order chi connectivity index (χ0) is 10.7. The van der Waals surface area contributed by atoms with Gasteiger partial charge in [0.1, 0.15) is 5.82 Å². The third-order valence-electron chi connectivity index (χ3n) is 2.79. The summed E-state index contributed by atoms with van der Waals surface area (Å²) in [6, 6.07) is 6.70. The highest BCUT2D eigenvalue weighted by Gasteiger charge is 2.15. The van der Waals surface area contributed by atoms with Gasteiger partial charge in [-0.25, -0.2) is 9.40 Å². The minimum Gasteiger partial charge on any atom is -0.369 e. The van der Waals surface area contributed by atoms with Crippen molar-refractivity contribution in [3.8, 4) is 0 Å². The molecule has 1 saturated heterocycles. The Morgan fingerprint density at radius 2 is 1.67 bits per heavy atom. The number of piperazine rings is 1. The molecule has 0 saturated carbocycles. The van der Waals surface area contributed by atoms with Gasteiger partial charge in [-0.15, -0.1) is 0 Å². The predicted octanol–water partition coefficient (Wildman–Crippen LogP) is 1.08. The van der Waals surface area contributed by atoms with Crippen LogP contribution in [0.2, 0.25) is 0 Å². The third-order valence-corrected chi connectivity index (χ3v) is 2.79. The Morgan fingerprint density at radius 1 is 1.07 bits per heavy atom. The van der Waals surface area contributed by atoms with E-state index in [0.29, 0.717) is 0 Å². The molecule has 1 fully saturated rings. The Hall–Kier alpha value is -1.13. The van der Waals surface area contributed by atoms with Crippen molar-refractivity contribution in [3.05, 3.63) is 30.1 Å². The lowest BCUT2D eigenvalue weighted by Crippen LogP contribution is -2.50. The van der Waals surface area contributed by atoms with Crippen LogP contribution in [-0.2, 0) is 0 Å². The lowest BCUT2D eigenvalue weighted by molar-refractivity contribution is 0.195. The second-order valence-electron chi connectivity index (χ2n) is 3.67. The van der Waals surface area contributed by atoms with Crippen molar-refractivity contribution >= 4 is 5.69 Å². The Morgan fingerprint density at radius 3 is 2.20 bits per heavy atom. The maximum absolute atomic E-state index is 12.7. The normalized spacial score (nSPS) is 18.1. The van der Waals surface area contributed by atoms with Crippen LogP contribution in [-0.4, -0.2) is 38.2 Å². The van der Waals surface area contributed by atoms with Crippen molar-refractivity contribution in [2.24, 2.45) is 0 Å². The standard InChI is InChI=1S/C11H16FN3/c1-13-15-8-6-14(7-9-15)11-4-2-10(12)3-5-11/h2-5,13H,6-9H2,1H3. The number of nitrogens with zero attached hydrogens (tertiary/aromatic N) is 2. The van der Waals surface area contributed by atoms with E-state index in [-0.39, 0.29) is 5.82 Å². The van der Waals surface area contributed by atoms with Gasteiger partial charge < -0.3 is 4.90 Å². The van der Waals surface area contributed by atoms with E-state index in [2.05, 4.69) is 15.3 Å². The van der Waals surface area contributed by atoms with Crippen molar-refractivity contribution in [2.45, 2.75) is 0 Å². The summed E-state index contributed by atoms with van der Waals surface area (Å²) >= 11 is 0. The number of anilines is 1. The smallest absolute Gasteiger partial charge is 0.123 e. The fourth-order valence-corrected chi connectivity index (χ4v) is 1.84. The average Bonchev–Trinajstić information content (AvgIpc) is 2.30. The van der Waals surface area contributed by atoms with Crippen LogP contribution >= 0.6 is 0 Å². The number of nitrogens with one attached hydrogen (secondary N) is 1. The zero-order valence-electron chi connectivity index (χ0n) is 8.91. The highest BCUT2D eigenvalue weighted by atomic mass is 19.1. The lowest BCUT2D eigenvalue weighted by Gasteiger charge is -2.35. The first-order chi connectivity index (χ1) is 7.29. The number of rotatable bonds is 2. The number of benzene rings is 1. The topological polar surface area (TPSA) is 18.5 Å². The molecule has 1 aliphatic heterocycles. The highest BCUT2D eigenvalue weighted by molar-refractivity contribution is 5.46. The van der Waals surface area contributed by atoms with Crippen LogP contribution in [0.5, 0.6) is 0 Å². The van der Waals surface area contributed by atoms with Crippen molar-refractivity contribution in [1.29, 1.82) is 0 Å². The first-order valence-corrected chi connectivity index (χ1v) is 5.22. The van der Waals surface area contributed by atoms with Gasteiger partial charge in [0.2, 0.25) is 0 Å². The van der Waals surface area contributed by atoms with E-state index in [9.17, 15) is 4.39 Å². The summed E-state index contributed by atoms with van der Waals surface area (Å²) in [7, 11) is 1.94. The Kier molecular flexibility index (Phi) is 3.18. The minimum absolute atomic E-state index is 0.174. The van der Waals surface area contributed by atoms with Gasteiger partial charge in [-0.1, -0.05) is 0 Å². The molecule has 4 heteroatoms. The first-order valence-electron chi connectivity index (χ1n) is 5.22. The highest BCUT2D eigenvalue weighted by Crippen LogP contribution is 2.16. The van der Waals surface area contributed by atoms with E-state index < -0.39 is 0 Å². The van der Waals surface area contributed by atoms with Gasteiger partial charge in [-0.2, -0.15) is 0 Å². The summed E-state index contributed by atoms with van der Waals surface area (Å²) in [5.74, 6) is -0.174. The number of hydrogen-bond acceptors (Lipinski definition) is 3. The molecule has 15 heavy (non-hydrogen) atoms. The number of hydrazine groups is 1. The van der Waals surface area contributed by atoms with Gasteiger partial charge in [-0.05, 0) is 31.3 Å². The molecule has 0 unspecified atom stereocenters. The monoisotopic (exact) mass is 209 g/mol. The maximum Gasteiger partial charge on any atom is 0.123 e. The molecule has 0 aliphatic carbocycles. The maximum atomic E-state index is 12.7. The molecule has 0 amide bonds. The van der Waals surface area contributed by atoms with E-state index >= 15 is 0 Å². The van der Waals surface area contributed by atoms with Crippen LogP contribution in [0.25, 0.3) is 0 Å². The summed E-state index contributed by atoms with van der Waals surface area (Å²) in [5, 5.41) is 2.18. The average molecular weight is 209 g/mol. The van der Waals surface area contributed by atoms with Gasteiger partial charge in [-0.3, -0.25) is 5.43 Å². The molecular formula is C11H16FN3. The van der Waals surface area contributed by atoms with Gasteiger partial charge >= 0.3 is 0 Å². The molecule has 3 nitrogen and oxygen atoms in total. The molecule has 0 aromatic heterocycles. The molecule has 0 bridgehead atoms. The molecule has 0 spiro atoms. The quantitative estimate of drug-likeness (QED) is 0.786. The van der Waals surface area contributed by atoms with E-state index in [4.69, 9.17) is 0 Å². The second kappa shape index (κ2) is 4.59. The fraction of sp³-hybridized carbons (Fsp3) is 0.455. The van der Waals surface area contributed by atoms with Crippen LogP contribution in [0.15, 0.2) is 24.3 Å². The van der Waals surface area contributed by atoms with E-state index in [0.717, 1.165) is 31.9 Å². The van der Waals surface area contributed by atoms with Gasteiger partial charge in [0, 0.05) is 31.9 Å². The van der Waals surface area contributed by atoms with E-state index in [1.807, 2.05) is 19.2 Å². The summed E-state index contributed by atoms with van der Waals surface area (Å²) < 4.78 is 12.7. The largest absolute Gasteiger partial charge is 0.369 e. The molecule has 2 rings (SSSR count). The Bertz CT molecular complexity index is 304. The first kappa shape index (κ1) is 10.4. The molecule has 1 N–H and O–H groups in total. The summed E-state index contributed by atoms with van der Waals surface area (Å²) in [4.78, 5) is 2.27. The van der Waals surface area contributed by atoms with Crippen LogP contribution in [0, 0.1) is 5.82 Å². The van der Waals surface area contributed by atoms with E-state index in [1.165, 1.54) is 12.1 Å². The van der Waals surface area contributed by atoms with Gasteiger partial charge in [0.15, 0.2) is 0 Å². The van der Waals surface area contributed by atoms with Crippen molar-refractivity contribution in [1.82, 2.24) is 10.4 Å². The second-order valence-corrected chi connectivity index (χ2v) is 3.67. The van der Waals surface area contributed by atoms with Crippen LogP contribution < -0.4 is 10.3 Å². The summed E-state index contributed by atoms with van der Waals surface area (Å²) in [5.41, 5.74) is 4.24. The Labute approximate surface area is 89.5 Å².